The van der Waals surface area contributed by atoms with Gasteiger partial charge in [0.2, 0.25) is 0 Å². The van der Waals surface area contributed by atoms with E-state index < -0.39 is 35.6 Å². The van der Waals surface area contributed by atoms with Crippen LogP contribution in [0.25, 0.3) is 0 Å². The van der Waals surface area contributed by atoms with Crippen LogP contribution < -0.4 is 0 Å². The van der Waals surface area contributed by atoms with Gasteiger partial charge in [-0.1, -0.05) is 0 Å². The third-order valence-electron chi connectivity index (χ3n) is 0.556. The first-order valence-corrected chi connectivity index (χ1v) is 6.20. The molecule has 0 atom stereocenters. The van der Waals surface area contributed by atoms with Gasteiger partial charge in [-0.25, -0.2) is 0 Å². The molecule has 0 radical (unpaired) electrons. The van der Waals surface area contributed by atoms with Gasteiger partial charge in [-0.3, -0.25) is 0 Å². The Morgan fingerprint density at radius 1 is 0.800 bits per heavy atom. The van der Waals surface area contributed by atoms with Gasteiger partial charge in [-0.15, -0.1) is 0 Å². The first-order chi connectivity index (χ1) is 4.85. The monoisotopic (exact) mass is 293 g/mol. The number of hydrogen-bond donors (Lipinski definition) is 0. The summed E-state index contributed by atoms with van der Waals surface area (Å²) in [7, 11) is 0. The predicted molar refractivity (Wildman–Crippen MR) is 34.9 cm³/mol. The van der Waals surface area contributed by atoms with Gasteiger partial charge < -0.3 is 0 Å². The van der Waals surface area contributed by atoms with Gasteiger partial charge in [0.1, 0.15) is 0 Å². The molecule has 0 rings (SSSR count). The quantitative estimate of drug-likeness (QED) is 0.742. The van der Waals surface area contributed by atoms with Crippen LogP contribution in [0.2, 0.25) is 0 Å². The average Bonchev–Trinajstić information content (AvgIpc) is 1.90. The summed E-state index contributed by atoms with van der Waals surface area (Å²) in [5.74, 6) is 0. The van der Waals surface area contributed by atoms with Gasteiger partial charge in [-0.2, -0.15) is 0 Å². The molecule has 0 fully saturated rings. The van der Waals surface area contributed by atoms with Crippen molar-refractivity contribution in [3.63, 3.8) is 0 Å². The molecule has 0 heterocycles. The van der Waals surface area contributed by atoms with E-state index >= 15 is 0 Å². The normalized spacial score (nSPS) is 11.7. The summed E-state index contributed by atoms with van der Waals surface area (Å²) in [6.45, 7) is 7.94. The van der Waals surface area contributed by atoms with Gasteiger partial charge in [0.15, 0.2) is 0 Å². The molecule has 0 saturated heterocycles. The Bertz CT molecular complexity index is 55.7. The molecule has 0 amide bonds. The van der Waals surface area contributed by atoms with E-state index in [1.807, 2.05) is 20.8 Å². The van der Waals surface area contributed by atoms with Crippen molar-refractivity contribution in [2.45, 2.75) is 20.8 Å². The van der Waals surface area contributed by atoms with E-state index in [-0.39, 0.29) is 0 Å². The molecular weight excluding hydrogens is 277 g/mol. The van der Waals surface area contributed by atoms with Crippen molar-refractivity contribution in [2.24, 2.45) is 0 Å². The van der Waals surface area contributed by atoms with Gasteiger partial charge >= 0.3 is 79.7 Å². The standard InChI is InChI=1S/3C2H5O.Gd/c3*1-2-3;/h3*2H2,1H3;/q3*-1;+3. The fourth-order valence-electron chi connectivity index (χ4n) is 0.338. The van der Waals surface area contributed by atoms with Crippen LogP contribution in [0.3, 0.4) is 0 Å². The van der Waals surface area contributed by atoms with Crippen molar-refractivity contribution in [1.82, 2.24) is 0 Å². The van der Waals surface area contributed by atoms with Crippen LogP contribution in [0.5, 0.6) is 0 Å². The van der Waals surface area contributed by atoms with Gasteiger partial charge in [-0.05, 0) is 0 Å². The predicted octanol–water partition coefficient (Wildman–Crippen LogP) is 1.46. The van der Waals surface area contributed by atoms with E-state index in [9.17, 15) is 0 Å². The van der Waals surface area contributed by atoms with E-state index in [2.05, 4.69) is 0 Å². The third-order valence-corrected chi connectivity index (χ3v) is 4.12. The van der Waals surface area contributed by atoms with Crippen LogP contribution in [-0.2, 0) is 3.52 Å². The van der Waals surface area contributed by atoms with Crippen molar-refractivity contribution in [3.8, 4) is 0 Å². The molecule has 0 aliphatic rings. The zero-order valence-corrected chi connectivity index (χ0v) is 8.97. The Balaban J connectivity index is 3.30. The Morgan fingerprint density at radius 2 is 1.10 bits per heavy atom. The van der Waals surface area contributed by atoms with Crippen molar-refractivity contribution >= 4 is 0 Å². The molecule has 0 unspecified atom stereocenters. The van der Waals surface area contributed by atoms with Gasteiger partial charge in [0.05, 0.1) is 0 Å². The Labute approximate surface area is 79.0 Å². The van der Waals surface area contributed by atoms with Crippen LogP contribution in [0.1, 0.15) is 20.8 Å². The van der Waals surface area contributed by atoms with Crippen LogP contribution in [0, 0.1) is 35.6 Å². The Kier molecular flexibility index (Phi) is 9.30. The molecule has 0 aromatic rings. The molecule has 0 N–H and O–H groups in total. The summed E-state index contributed by atoms with van der Waals surface area (Å²) in [4.78, 5) is 0. The second-order valence-electron chi connectivity index (χ2n) is 1.35. The fraction of sp³-hybridized carbons (Fsp3) is 1.00. The van der Waals surface area contributed by atoms with E-state index in [4.69, 9.17) is 3.52 Å². The first kappa shape index (κ1) is 11.2. The molecule has 0 aromatic carbocycles. The minimum atomic E-state index is -2.07. The Hall–Kier alpha value is 1.20. The van der Waals surface area contributed by atoms with Crippen LogP contribution in [0.4, 0.5) is 0 Å². The molecule has 10 heavy (non-hydrogen) atoms. The first-order valence-electron chi connectivity index (χ1n) is 3.42. The summed E-state index contributed by atoms with van der Waals surface area (Å²) in [5, 5.41) is 0. The molecule has 0 aromatic heterocycles. The SMILES string of the molecule is CC[O][Gd]([O]CC)[O]CC. The summed E-state index contributed by atoms with van der Waals surface area (Å²) in [5.41, 5.74) is 0. The fourth-order valence-corrected chi connectivity index (χ4v) is 2.51. The molecule has 65 valence electrons. The summed E-state index contributed by atoms with van der Waals surface area (Å²) in [6, 6.07) is 0. The second kappa shape index (κ2) is 8.30. The maximum atomic E-state index is 5.25. The molecule has 0 aliphatic heterocycles. The van der Waals surface area contributed by atoms with Crippen molar-refractivity contribution in [3.05, 3.63) is 0 Å². The number of rotatable bonds is 6. The van der Waals surface area contributed by atoms with Crippen LogP contribution in [-0.4, -0.2) is 19.8 Å². The maximum absolute atomic E-state index is 5.25. The topological polar surface area (TPSA) is 27.7 Å². The second-order valence-corrected chi connectivity index (χ2v) is 4.45. The summed E-state index contributed by atoms with van der Waals surface area (Å²) in [6.07, 6.45) is 0. The van der Waals surface area contributed by atoms with E-state index in [1.165, 1.54) is 0 Å². The molecule has 0 spiro atoms. The summed E-state index contributed by atoms with van der Waals surface area (Å²) >= 11 is -2.07. The van der Waals surface area contributed by atoms with E-state index in [0.29, 0.717) is 19.8 Å². The van der Waals surface area contributed by atoms with E-state index in [1.54, 1.807) is 0 Å². The van der Waals surface area contributed by atoms with Crippen LogP contribution >= 0.6 is 0 Å². The Morgan fingerprint density at radius 3 is 1.30 bits per heavy atom. The summed E-state index contributed by atoms with van der Waals surface area (Å²) < 4.78 is 15.8. The minimum absolute atomic E-state index is 0.694. The zero-order chi connectivity index (χ0) is 7.82. The van der Waals surface area contributed by atoms with Gasteiger partial charge in [0.25, 0.3) is 0 Å². The average molecular weight is 292 g/mol. The van der Waals surface area contributed by atoms with Crippen LogP contribution in [0.15, 0.2) is 0 Å². The zero-order valence-electron chi connectivity index (χ0n) is 6.70. The molecule has 0 bridgehead atoms. The molecule has 0 saturated carbocycles. The van der Waals surface area contributed by atoms with Crippen molar-refractivity contribution in [1.29, 1.82) is 0 Å². The molecule has 4 heteroatoms. The molecule has 3 nitrogen and oxygen atoms in total. The van der Waals surface area contributed by atoms with Crippen molar-refractivity contribution < 1.29 is 39.1 Å². The molecular formula is C6H15GdO3. The van der Waals surface area contributed by atoms with Crippen molar-refractivity contribution in [2.75, 3.05) is 19.8 Å². The molecule has 0 aliphatic carbocycles. The van der Waals surface area contributed by atoms with Gasteiger partial charge in [0, 0.05) is 0 Å². The number of hydrogen-bond acceptors (Lipinski definition) is 3. The third kappa shape index (κ3) is 5.95. The van der Waals surface area contributed by atoms with E-state index in [0.717, 1.165) is 0 Å².